The minimum Gasteiger partial charge on any atom is -0.358 e. The highest BCUT2D eigenvalue weighted by atomic mass is 31.1. The number of amides is 6. The molecule has 51 heavy (non-hydrogen) atoms. The molecule has 1 unspecified atom stereocenters. The fourth-order valence-electron chi connectivity index (χ4n) is 5.77. The van der Waals surface area contributed by atoms with Crippen LogP contribution in [-0.2, 0) is 19.2 Å². The second-order valence-electron chi connectivity index (χ2n) is 12.2. The van der Waals surface area contributed by atoms with Crippen LogP contribution in [0.25, 0.3) is 11.6 Å². The molecule has 3 rings (SSSR count). The number of aryl methyl sites for hydroxylation is 1. The third kappa shape index (κ3) is 10.5. The van der Waals surface area contributed by atoms with Crippen molar-refractivity contribution in [3.63, 3.8) is 0 Å². The Morgan fingerprint density at radius 2 is 1.71 bits per heavy atom. The van der Waals surface area contributed by atoms with E-state index >= 15 is 0 Å². The molecular formula is C35H50FN8O6P. The van der Waals surface area contributed by atoms with E-state index in [4.69, 9.17) is 5.73 Å². The van der Waals surface area contributed by atoms with Crippen LogP contribution < -0.4 is 26.6 Å². The molecule has 1 aromatic carbocycles. The molecule has 0 saturated heterocycles. The summed E-state index contributed by atoms with van der Waals surface area (Å²) in [6.45, 7) is 12.6. The number of rotatable bonds is 18. The van der Waals surface area contributed by atoms with Crippen LogP contribution in [0.5, 0.6) is 0 Å². The van der Waals surface area contributed by atoms with E-state index in [1.54, 1.807) is 20.5 Å². The predicted molar refractivity (Wildman–Crippen MR) is 197 cm³/mol. The maximum Gasteiger partial charge on any atom is 0.331 e. The van der Waals surface area contributed by atoms with Gasteiger partial charge in [0.05, 0.1) is 22.9 Å². The van der Waals surface area contributed by atoms with Crippen LogP contribution in [0.2, 0.25) is 0 Å². The lowest BCUT2D eigenvalue weighted by Crippen LogP contribution is -2.45. The minimum absolute atomic E-state index is 0.0117. The number of carbonyl (C=O) groups is 6. The zero-order chi connectivity index (χ0) is 37.8. The van der Waals surface area contributed by atoms with Gasteiger partial charge in [0.1, 0.15) is 5.82 Å². The minimum atomic E-state index is -0.690. The summed E-state index contributed by atoms with van der Waals surface area (Å²) in [4.78, 5) is 84.7. The van der Waals surface area contributed by atoms with Crippen LogP contribution >= 0.6 is 8.58 Å². The van der Waals surface area contributed by atoms with Crippen molar-refractivity contribution in [2.45, 2.75) is 53.0 Å². The van der Waals surface area contributed by atoms with E-state index in [2.05, 4.69) is 39.7 Å². The number of likely N-dealkylation sites (N-methyl/N-ethyl adjacent to an activating group) is 2. The number of carbonyl (C=O) groups excluding carboxylic acids is 6. The lowest BCUT2D eigenvalue weighted by molar-refractivity contribution is -0.127. The normalized spacial score (nSPS) is 13.9. The number of urea groups is 1. The van der Waals surface area contributed by atoms with E-state index < -0.39 is 35.6 Å². The SMILES string of the molecule is CCN(CC)CCNC(=O)c1c(C)[nH]c(/C=C2\C(=O)N(C(=O)N(C)CCNC(=O)CCC(=O)N[C@@H](CCN)C(=O)PC)c3ccc(F)cc32)c1C. The number of benzene rings is 1. The Morgan fingerprint density at radius 1 is 1.04 bits per heavy atom. The number of hydrogen-bond acceptors (Lipinski definition) is 8. The van der Waals surface area contributed by atoms with Gasteiger partial charge in [-0.3, -0.25) is 24.0 Å². The molecule has 1 aliphatic heterocycles. The predicted octanol–water partition coefficient (Wildman–Crippen LogP) is 2.35. The summed E-state index contributed by atoms with van der Waals surface area (Å²) in [5.41, 5.74) is 8.05. The van der Waals surface area contributed by atoms with Crippen LogP contribution in [0.3, 0.4) is 0 Å². The molecule has 0 bridgehead atoms. The van der Waals surface area contributed by atoms with E-state index in [0.717, 1.165) is 24.1 Å². The Hall–Kier alpha value is -4.46. The van der Waals surface area contributed by atoms with Gasteiger partial charge in [0.15, 0.2) is 5.52 Å². The third-order valence-corrected chi connectivity index (χ3v) is 9.58. The van der Waals surface area contributed by atoms with E-state index in [1.165, 1.54) is 30.2 Å². The quantitative estimate of drug-likeness (QED) is 0.114. The summed E-state index contributed by atoms with van der Waals surface area (Å²) in [7, 11) is 1.48. The molecule has 0 radical (unpaired) electrons. The molecule has 2 atom stereocenters. The van der Waals surface area contributed by atoms with Crippen molar-refractivity contribution in [1.82, 2.24) is 30.7 Å². The first-order valence-electron chi connectivity index (χ1n) is 17.1. The first-order chi connectivity index (χ1) is 24.3. The summed E-state index contributed by atoms with van der Waals surface area (Å²) in [6.07, 6.45) is 1.58. The lowest BCUT2D eigenvalue weighted by Gasteiger charge is -2.23. The zero-order valence-corrected chi connectivity index (χ0v) is 31.2. The van der Waals surface area contributed by atoms with Crippen molar-refractivity contribution in [1.29, 1.82) is 0 Å². The Kier molecular flexibility index (Phi) is 15.4. The number of hydrogen-bond donors (Lipinski definition) is 5. The summed E-state index contributed by atoms with van der Waals surface area (Å²) >= 11 is 0. The van der Waals surface area contributed by atoms with Gasteiger partial charge in [0, 0.05) is 63.0 Å². The highest BCUT2D eigenvalue weighted by Crippen LogP contribution is 2.39. The lowest BCUT2D eigenvalue weighted by atomic mass is 10.0. The first kappa shape index (κ1) is 41.0. The van der Waals surface area contributed by atoms with E-state index in [1.807, 2.05) is 0 Å². The molecule has 1 aliphatic rings. The second-order valence-corrected chi connectivity index (χ2v) is 13.2. The van der Waals surface area contributed by atoms with Gasteiger partial charge in [-0.15, -0.1) is 0 Å². The number of aromatic nitrogens is 1. The average Bonchev–Trinajstić information content (AvgIpc) is 3.54. The first-order valence-corrected chi connectivity index (χ1v) is 18.6. The van der Waals surface area contributed by atoms with Gasteiger partial charge in [0.2, 0.25) is 11.8 Å². The standard InChI is InChI=1S/C35H50FN8O6P/c1-7-43(8-2)18-16-39-32(47)31-21(3)27(40-22(31)4)20-25-24-19-23(36)9-10-28(24)44(33(25)48)35(50)42(5)17-15-38-29(45)11-12-30(46)41-26(13-14-37)34(49)51-6/h9-10,19-20,26,40,51H,7-8,11-18,37H2,1-6H3,(H,38,45)(H,39,47)(H,41,46)/b25-20-/t26-/m0/s1. The maximum absolute atomic E-state index is 14.5. The number of aromatic amines is 1. The van der Waals surface area contributed by atoms with Crippen molar-refractivity contribution in [3.8, 4) is 0 Å². The number of nitrogens with two attached hydrogens (primary N) is 1. The molecule has 16 heteroatoms. The molecule has 0 aliphatic carbocycles. The van der Waals surface area contributed by atoms with E-state index in [-0.39, 0.29) is 69.3 Å². The number of nitrogens with zero attached hydrogens (tertiary/aromatic N) is 3. The van der Waals surface area contributed by atoms with Gasteiger partial charge in [-0.2, -0.15) is 0 Å². The molecular weight excluding hydrogens is 678 g/mol. The summed E-state index contributed by atoms with van der Waals surface area (Å²) in [5, 5.41) is 8.22. The molecule has 0 spiro atoms. The van der Waals surface area contributed by atoms with Crippen LogP contribution in [-0.4, -0.2) is 116 Å². The fraction of sp³-hybridized carbons (Fsp3) is 0.486. The van der Waals surface area contributed by atoms with Gasteiger partial charge in [-0.25, -0.2) is 14.1 Å². The summed E-state index contributed by atoms with van der Waals surface area (Å²) < 4.78 is 14.5. The number of imide groups is 1. The molecule has 6 amide bonds. The molecule has 6 N–H and O–H groups in total. The number of nitrogens with one attached hydrogen (secondary N) is 4. The van der Waals surface area contributed by atoms with Gasteiger partial charge in [-0.1, -0.05) is 22.4 Å². The van der Waals surface area contributed by atoms with E-state index in [0.29, 0.717) is 42.0 Å². The summed E-state index contributed by atoms with van der Waals surface area (Å²) in [5.74, 6) is -2.39. The van der Waals surface area contributed by atoms with Crippen molar-refractivity contribution >= 4 is 61.1 Å². The largest absolute Gasteiger partial charge is 0.358 e. The number of halogens is 1. The van der Waals surface area contributed by atoms with Gasteiger partial charge in [0.25, 0.3) is 11.8 Å². The topological polar surface area (TPSA) is 190 Å². The highest BCUT2D eigenvalue weighted by molar-refractivity contribution is 7.57. The molecule has 1 aromatic heterocycles. The molecule has 2 heterocycles. The van der Waals surface area contributed by atoms with Crippen molar-refractivity contribution < 1.29 is 33.2 Å². The maximum atomic E-state index is 14.5. The molecule has 0 fully saturated rings. The zero-order valence-electron chi connectivity index (χ0n) is 30.2. The Bertz CT molecular complexity index is 1660. The van der Waals surface area contributed by atoms with Gasteiger partial charge in [-0.05, 0) is 76.4 Å². The second kappa shape index (κ2) is 19.2. The molecule has 2 aromatic rings. The number of anilines is 1. The monoisotopic (exact) mass is 728 g/mol. The van der Waals surface area contributed by atoms with Crippen molar-refractivity contribution in [2.75, 3.05) is 64.4 Å². The van der Waals surface area contributed by atoms with Crippen LogP contribution in [0.4, 0.5) is 14.9 Å². The van der Waals surface area contributed by atoms with Gasteiger partial charge < -0.3 is 36.5 Å². The summed E-state index contributed by atoms with van der Waals surface area (Å²) in [6, 6.07) is 2.34. The van der Waals surface area contributed by atoms with Gasteiger partial charge >= 0.3 is 6.03 Å². The Labute approximate surface area is 299 Å². The number of fused-ring (bicyclic) bond motifs is 1. The van der Waals surface area contributed by atoms with Crippen LogP contribution in [0.15, 0.2) is 18.2 Å². The highest BCUT2D eigenvalue weighted by Gasteiger charge is 2.38. The van der Waals surface area contributed by atoms with Crippen molar-refractivity contribution in [3.05, 3.63) is 52.1 Å². The average molecular weight is 729 g/mol. The Balaban J connectivity index is 1.67. The van der Waals surface area contributed by atoms with E-state index in [9.17, 15) is 33.2 Å². The van der Waals surface area contributed by atoms with Crippen LogP contribution in [0, 0.1) is 19.7 Å². The fourth-order valence-corrected chi connectivity index (χ4v) is 6.34. The van der Waals surface area contributed by atoms with Crippen LogP contribution in [0.1, 0.15) is 66.0 Å². The van der Waals surface area contributed by atoms with Crippen molar-refractivity contribution in [2.24, 2.45) is 5.73 Å². The third-order valence-electron chi connectivity index (χ3n) is 8.74. The smallest absolute Gasteiger partial charge is 0.331 e. The Morgan fingerprint density at radius 3 is 2.35 bits per heavy atom. The number of H-pyrrole nitrogens is 1. The molecule has 0 saturated carbocycles. The molecule has 14 nitrogen and oxygen atoms in total. The molecule has 278 valence electrons.